The topological polar surface area (TPSA) is 72.8 Å². The number of rotatable bonds is 11. The second-order valence-electron chi connectivity index (χ2n) is 6.42. The highest BCUT2D eigenvalue weighted by atomic mass is 16.5. The van der Waals surface area contributed by atoms with Gasteiger partial charge in [-0.05, 0) is 54.7 Å². The van der Waals surface area contributed by atoms with E-state index in [9.17, 15) is 9.59 Å². The molecule has 0 unspecified atom stereocenters. The molecule has 5 heteroatoms. The van der Waals surface area contributed by atoms with E-state index in [0.29, 0.717) is 17.9 Å². The van der Waals surface area contributed by atoms with Crippen LogP contribution < -0.4 is 4.74 Å². The molecule has 5 nitrogen and oxygen atoms in total. The summed E-state index contributed by atoms with van der Waals surface area (Å²) in [5, 5.41) is 9.04. The van der Waals surface area contributed by atoms with E-state index in [-0.39, 0.29) is 12.6 Å². The lowest BCUT2D eigenvalue weighted by Crippen LogP contribution is -2.08. The van der Waals surface area contributed by atoms with Gasteiger partial charge in [0.15, 0.2) is 0 Å². The average molecular weight is 382 g/mol. The molecule has 2 rings (SSSR count). The SMILES string of the molecule is C=CC(=O)OCCCCCCc1ccc(OC(=O)c2ccc(CO)cc2)cc1. The molecule has 0 amide bonds. The highest BCUT2D eigenvalue weighted by Gasteiger charge is 2.08. The number of hydrogen-bond acceptors (Lipinski definition) is 5. The Labute approximate surface area is 165 Å². The molecule has 2 aromatic carbocycles. The Morgan fingerprint density at radius 2 is 1.54 bits per heavy atom. The van der Waals surface area contributed by atoms with Gasteiger partial charge >= 0.3 is 11.9 Å². The maximum atomic E-state index is 12.1. The molecule has 0 spiro atoms. The van der Waals surface area contributed by atoms with Crippen molar-refractivity contribution < 1.29 is 24.2 Å². The van der Waals surface area contributed by atoms with Crippen molar-refractivity contribution in [1.29, 1.82) is 0 Å². The molecule has 0 aliphatic heterocycles. The van der Waals surface area contributed by atoms with E-state index in [2.05, 4.69) is 6.58 Å². The largest absolute Gasteiger partial charge is 0.463 e. The molecule has 2 aromatic rings. The normalized spacial score (nSPS) is 10.3. The molecule has 0 bridgehead atoms. The third-order valence-electron chi connectivity index (χ3n) is 4.28. The Bertz CT molecular complexity index is 763. The van der Waals surface area contributed by atoms with Crippen LogP contribution in [0.25, 0.3) is 0 Å². The zero-order valence-corrected chi connectivity index (χ0v) is 15.9. The van der Waals surface area contributed by atoms with Crippen molar-refractivity contribution in [3.8, 4) is 5.75 Å². The van der Waals surface area contributed by atoms with Crippen molar-refractivity contribution in [3.63, 3.8) is 0 Å². The van der Waals surface area contributed by atoms with Crippen molar-refractivity contribution in [2.75, 3.05) is 6.61 Å². The summed E-state index contributed by atoms with van der Waals surface area (Å²) < 4.78 is 10.3. The van der Waals surface area contributed by atoms with Gasteiger partial charge < -0.3 is 14.6 Å². The first-order valence-electron chi connectivity index (χ1n) is 9.42. The molecule has 0 saturated heterocycles. The Morgan fingerprint density at radius 1 is 0.893 bits per heavy atom. The standard InChI is InChI=1S/C23H26O5/c1-2-22(25)27-16-6-4-3-5-7-18-10-14-21(15-11-18)28-23(26)20-12-8-19(17-24)9-13-20/h2,8-15,24H,1,3-7,16-17H2. The van der Waals surface area contributed by atoms with Gasteiger partial charge in [-0.2, -0.15) is 0 Å². The molecule has 0 aromatic heterocycles. The summed E-state index contributed by atoms with van der Waals surface area (Å²) in [5.41, 5.74) is 2.38. The average Bonchev–Trinajstić information content (AvgIpc) is 2.74. The summed E-state index contributed by atoms with van der Waals surface area (Å²) >= 11 is 0. The second kappa shape index (κ2) is 11.7. The molecule has 0 radical (unpaired) electrons. The number of aliphatic hydroxyl groups excluding tert-OH is 1. The first-order valence-corrected chi connectivity index (χ1v) is 9.42. The van der Waals surface area contributed by atoms with Gasteiger partial charge in [-0.3, -0.25) is 0 Å². The van der Waals surface area contributed by atoms with Crippen LogP contribution in [0.5, 0.6) is 5.75 Å². The first kappa shape index (κ1) is 21.4. The van der Waals surface area contributed by atoms with E-state index in [0.717, 1.165) is 37.7 Å². The molecule has 0 aliphatic rings. The Kier molecular flexibility index (Phi) is 8.95. The number of ether oxygens (including phenoxy) is 2. The minimum absolute atomic E-state index is 0.0560. The van der Waals surface area contributed by atoms with Gasteiger partial charge in [-0.1, -0.05) is 43.7 Å². The zero-order chi connectivity index (χ0) is 20.2. The van der Waals surface area contributed by atoms with Crippen LogP contribution in [0.1, 0.15) is 47.2 Å². The van der Waals surface area contributed by atoms with Crippen molar-refractivity contribution >= 4 is 11.9 Å². The highest BCUT2D eigenvalue weighted by Crippen LogP contribution is 2.16. The number of carbonyl (C=O) groups excluding carboxylic acids is 2. The molecule has 0 heterocycles. The molecule has 0 fully saturated rings. The first-order chi connectivity index (χ1) is 13.6. The van der Waals surface area contributed by atoms with Crippen molar-refractivity contribution in [1.82, 2.24) is 0 Å². The number of carbonyl (C=O) groups is 2. The third kappa shape index (κ3) is 7.37. The summed E-state index contributed by atoms with van der Waals surface area (Å²) in [6.07, 6.45) is 6.10. The van der Waals surface area contributed by atoms with Crippen molar-refractivity contribution in [2.24, 2.45) is 0 Å². The lowest BCUT2D eigenvalue weighted by atomic mass is 10.1. The molecule has 0 aliphatic carbocycles. The van der Waals surface area contributed by atoms with Gasteiger partial charge in [0, 0.05) is 6.08 Å². The lowest BCUT2D eigenvalue weighted by Gasteiger charge is -2.07. The second-order valence-corrected chi connectivity index (χ2v) is 6.42. The molecular weight excluding hydrogens is 356 g/mol. The monoisotopic (exact) mass is 382 g/mol. The molecule has 1 N–H and O–H groups in total. The minimum Gasteiger partial charge on any atom is -0.463 e. The van der Waals surface area contributed by atoms with Crippen molar-refractivity contribution in [3.05, 3.63) is 77.9 Å². The molecule has 0 atom stereocenters. The number of benzene rings is 2. The molecule has 28 heavy (non-hydrogen) atoms. The minimum atomic E-state index is -0.422. The maximum Gasteiger partial charge on any atom is 0.343 e. The van der Waals surface area contributed by atoms with E-state index in [1.807, 2.05) is 12.1 Å². The summed E-state index contributed by atoms with van der Waals surface area (Å²) in [6.45, 7) is 3.74. The fourth-order valence-corrected chi connectivity index (χ4v) is 2.65. The molecule has 0 saturated carbocycles. The summed E-state index contributed by atoms with van der Waals surface area (Å²) in [6, 6.07) is 14.2. The number of aryl methyl sites for hydroxylation is 1. The highest BCUT2D eigenvalue weighted by molar-refractivity contribution is 5.91. The molecular formula is C23H26O5. The predicted molar refractivity (Wildman–Crippen MR) is 107 cm³/mol. The van der Waals surface area contributed by atoms with Crippen LogP contribution in [-0.4, -0.2) is 23.7 Å². The lowest BCUT2D eigenvalue weighted by molar-refractivity contribution is -0.137. The van der Waals surface area contributed by atoms with Gasteiger partial charge in [-0.25, -0.2) is 9.59 Å². The quantitative estimate of drug-likeness (QED) is 0.272. The van der Waals surface area contributed by atoms with Crippen LogP contribution in [0.2, 0.25) is 0 Å². The van der Waals surface area contributed by atoms with Crippen LogP contribution in [-0.2, 0) is 22.6 Å². The Morgan fingerprint density at radius 3 is 2.18 bits per heavy atom. The number of aliphatic hydroxyl groups is 1. The van der Waals surface area contributed by atoms with Crippen LogP contribution in [0.4, 0.5) is 0 Å². The van der Waals surface area contributed by atoms with E-state index in [1.165, 1.54) is 11.6 Å². The van der Waals surface area contributed by atoms with Gasteiger partial charge in [0.05, 0.1) is 18.8 Å². The fraction of sp³-hybridized carbons (Fsp3) is 0.304. The van der Waals surface area contributed by atoms with E-state index in [1.54, 1.807) is 36.4 Å². The van der Waals surface area contributed by atoms with Gasteiger partial charge in [-0.15, -0.1) is 0 Å². The van der Waals surface area contributed by atoms with E-state index in [4.69, 9.17) is 14.6 Å². The summed E-state index contributed by atoms with van der Waals surface area (Å²) in [5.74, 6) is -0.290. The number of hydrogen-bond donors (Lipinski definition) is 1. The smallest absolute Gasteiger partial charge is 0.343 e. The van der Waals surface area contributed by atoms with Crippen LogP contribution in [0.15, 0.2) is 61.2 Å². The Hall–Kier alpha value is -2.92. The maximum absolute atomic E-state index is 12.1. The van der Waals surface area contributed by atoms with Crippen LogP contribution >= 0.6 is 0 Å². The van der Waals surface area contributed by atoms with Gasteiger partial charge in [0.2, 0.25) is 0 Å². The van der Waals surface area contributed by atoms with Crippen molar-refractivity contribution in [2.45, 2.75) is 38.7 Å². The number of esters is 2. The predicted octanol–water partition coefficient (Wildman–Crippen LogP) is 4.23. The number of unbranched alkanes of at least 4 members (excludes halogenated alkanes) is 3. The zero-order valence-electron chi connectivity index (χ0n) is 15.9. The summed E-state index contributed by atoms with van der Waals surface area (Å²) in [4.78, 5) is 23.0. The Balaban J connectivity index is 1.68. The van der Waals surface area contributed by atoms with Gasteiger partial charge in [0.25, 0.3) is 0 Å². The summed E-state index contributed by atoms with van der Waals surface area (Å²) in [7, 11) is 0. The van der Waals surface area contributed by atoms with Crippen LogP contribution in [0, 0.1) is 0 Å². The molecule has 148 valence electrons. The third-order valence-corrected chi connectivity index (χ3v) is 4.28. The fourth-order valence-electron chi connectivity index (χ4n) is 2.65. The van der Waals surface area contributed by atoms with Crippen LogP contribution in [0.3, 0.4) is 0 Å². The van der Waals surface area contributed by atoms with Gasteiger partial charge in [0.1, 0.15) is 5.75 Å². The van der Waals surface area contributed by atoms with E-state index < -0.39 is 5.97 Å². The van der Waals surface area contributed by atoms with E-state index >= 15 is 0 Å².